The highest BCUT2D eigenvalue weighted by atomic mass is 19.2. The van der Waals surface area contributed by atoms with Crippen molar-refractivity contribution in [2.75, 3.05) is 5.32 Å². The number of anilines is 2. The third-order valence-corrected chi connectivity index (χ3v) is 3.68. The van der Waals surface area contributed by atoms with E-state index in [-0.39, 0.29) is 16.8 Å². The molecule has 4 nitrogen and oxygen atoms in total. The molecule has 126 valence electrons. The van der Waals surface area contributed by atoms with Gasteiger partial charge in [0.15, 0.2) is 11.6 Å². The van der Waals surface area contributed by atoms with Gasteiger partial charge in [0, 0.05) is 5.56 Å². The first-order chi connectivity index (χ1) is 12.0. The second-order valence-corrected chi connectivity index (χ2v) is 5.51. The Balaban J connectivity index is 1.89. The fourth-order valence-electron chi connectivity index (χ4n) is 2.43. The summed E-state index contributed by atoms with van der Waals surface area (Å²) < 4.78 is 27.1. The van der Waals surface area contributed by atoms with Crippen LogP contribution in [0.1, 0.15) is 15.9 Å². The molecule has 1 aromatic heterocycles. The average Bonchev–Trinajstić information content (AvgIpc) is 2.59. The van der Waals surface area contributed by atoms with Crippen LogP contribution < -0.4 is 5.32 Å². The van der Waals surface area contributed by atoms with Crippen LogP contribution >= 0.6 is 0 Å². The Kier molecular flexibility index (Phi) is 4.43. The predicted octanol–water partition coefficient (Wildman–Crippen LogP) is 4.78. The first kappa shape index (κ1) is 16.6. The molecule has 2 N–H and O–H groups in total. The van der Waals surface area contributed by atoms with Gasteiger partial charge in [-0.3, -0.25) is 4.98 Å². The van der Waals surface area contributed by atoms with E-state index < -0.39 is 17.6 Å². The monoisotopic (exact) mass is 340 g/mol. The molecule has 0 fully saturated rings. The molecule has 3 rings (SSSR count). The van der Waals surface area contributed by atoms with Crippen molar-refractivity contribution in [1.82, 2.24) is 4.98 Å². The number of nitrogens with one attached hydrogen (secondary N) is 1. The molecule has 0 aliphatic rings. The molecule has 25 heavy (non-hydrogen) atoms. The standard InChI is InChI=1S/C19H14F2N2O2/c1-11-5-7-17(14(9-11)19(24)25)23-12-6-8-16(22-10-12)13-3-2-4-15(20)18(13)21/h2-10,23H,1H3,(H,24,25). The van der Waals surface area contributed by atoms with E-state index in [0.717, 1.165) is 11.6 Å². The summed E-state index contributed by atoms with van der Waals surface area (Å²) in [5, 5.41) is 12.3. The van der Waals surface area contributed by atoms with E-state index in [1.54, 1.807) is 31.2 Å². The second kappa shape index (κ2) is 6.68. The summed E-state index contributed by atoms with van der Waals surface area (Å²) in [7, 11) is 0. The lowest BCUT2D eigenvalue weighted by molar-refractivity contribution is 0.0698. The highest BCUT2D eigenvalue weighted by Crippen LogP contribution is 2.26. The van der Waals surface area contributed by atoms with Gasteiger partial charge in [-0.15, -0.1) is 0 Å². The summed E-state index contributed by atoms with van der Waals surface area (Å²) in [5.74, 6) is -2.94. The third kappa shape index (κ3) is 3.47. The predicted molar refractivity (Wildman–Crippen MR) is 91.0 cm³/mol. The van der Waals surface area contributed by atoms with E-state index in [4.69, 9.17) is 0 Å². The smallest absolute Gasteiger partial charge is 0.337 e. The van der Waals surface area contributed by atoms with Crippen LogP contribution in [0, 0.1) is 18.6 Å². The minimum Gasteiger partial charge on any atom is -0.478 e. The minimum atomic E-state index is -1.04. The zero-order chi connectivity index (χ0) is 18.0. The van der Waals surface area contributed by atoms with Gasteiger partial charge in [-0.25, -0.2) is 13.6 Å². The van der Waals surface area contributed by atoms with Crippen LogP contribution in [0.15, 0.2) is 54.7 Å². The average molecular weight is 340 g/mol. The Morgan fingerprint density at radius 3 is 2.60 bits per heavy atom. The highest BCUT2D eigenvalue weighted by molar-refractivity contribution is 5.95. The maximum atomic E-state index is 13.8. The van der Waals surface area contributed by atoms with Crippen LogP contribution in [0.2, 0.25) is 0 Å². The lowest BCUT2D eigenvalue weighted by Gasteiger charge is -2.11. The number of nitrogens with zero attached hydrogens (tertiary/aromatic N) is 1. The second-order valence-electron chi connectivity index (χ2n) is 5.51. The molecule has 0 aliphatic carbocycles. The number of rotatable bonds is 4. The third-order valence-electron chi connectivity index (χ3n) is 3.68. The first-order valence-electron chi connectivity index (χ1n) is 7.47. The number of aromatic nitrogens is 1. The molecule has 3 aromatic rings. The van der Waals surface area contributed by atoms with Crippen molar-refractivity contribution in [2.45, 2.75) is 6.92 Å². The molecule has 2 aromatic carbocycles. The number of pyridine rings is 1. The van der Waals surface area contributed by atoms with E-state index in [1.807, 2.05) is 0 Å². The van der Waals surface area contributed by atoms with Gasteiger partial charge in [0.25, 0.3) is 0 Å². The van der Waals surface area contributed by atoms with E-state index in [1.165, 1.54) is 24.4 Å². The maximum absolute atomic E-state index is 13.8. The summed E-state index contributed by atoms with van der Waals surface area (Å²) in [6.45, 7) is 1.81. The molecule has 0 radical (unpaired) electrons. The molecule has 0 saturated heterocycles. The van der Waals surface area contributed by atoms with Crippen molar-refractivity contribution in [3.8, 4) is 11.3 Å². The first-order valence-corrected chi connectivity index (χ1v) is 7.47. The van der Waals surface area contributed by atoms with Gasteiger partial charge in [0.05, 0.1) is 28.8 Å². The van der Waals surface area contributed by atoms with Crippen LogP contribution in [0.3, 0.4) is 0 Å². The van der Waals surface area contributed by atoms with Gasteiger partial charge in [-0.2, -0.15) is 0 Å². The van der Waals surface area contributed by atoms with Crippen molar-refractivity contribution in [3.05, 3.63) is 77.5 Å². The zero-order valence-corrected chi connectivity index (χ0v) is 13.3. The van der Waals surface area contributed by atoms with Crippen molar-refractivity contribution >= 4 is 17.3 Å². The van der Waals surface area contributed by atoms with E-state index in [9.17, 15) is 18.7 Å². The molecule has 0 spiro atoms. The Morgan fingerprint density at radius 2 is 1.92 bits per heavy atom. The van der Waals surface area contributed by atoms with E-state index >= 15 is 0 Å². The number of hydrogen-bond acceptors (Lipinski definition) is 3. The topological polar surface area (TPSA) is 62.2 Å². The van der Waals surface area contributed by atoms with E-state index in [2.05, 4.69) is 10.3 Å². The zero-order valence-electron chi connectivity index (χ0n) is 13.3. The number of carbonyl (C=O) groups is 1. The van der Waals surface area contributed by atoms with Crippen LogP contribution in [0.25, 0.3) is 11.3 Å². The molecular formula is C19H14F2N2O2. The molecular weight excluding hydrogens is 326 g/mol. The fourth-order valence-corrected chi connectivity index (χ4v) is 2.43. The maximum Gasteiger partial charge on any atom is 0.337 e. The van der Waals surface area contributed by atoms with Crippen molar-refractivity contribution in [1.29, 1.82) is 0 Å². The highest BCUT2D eigenvalue weighted by Gasteiger charge is 2.12. The van der Waals surface area contributed by atoms with Gasteiger partial charge in [0.2, 0.25) is 0 Å². The molecule has 0 aliphatic heterocycles. The number of benzene rings is 2. The molecule has 0 atom stereocenters. The van der Waals surface area contributed by atoms with Gasteiger partial charge in [-0.05, 0) is 43.3 Å². The summed E-state index contributed by atoms with van der Waals surface area (Å²) in [5.41, 5.74) is 2.27. The summed E-state index contributed by atoms with van der Waals surface area (Å²) >= 11 is 0. The van der Waals surface area contributed by atoms with Crippen molar-refractivity contribution in [3.63, 3.8) is 0 Å². The fraction of sp³-hybridized carbons (Fsp3) is 0.0526. The molecule has 0 saturated carbocycles. The van der Waals surface area contributed by atoms with Gasteiger partial charge < -0.3 is 10.4 Å². The molecule has 1 heterocycles. The van der Waals surface area contributed by atoms with Gasteiger partial charge >= 0.3 is 5.97 Å². The van der Waals surface area contributed by atoms with Crippen LogP contribution in [-0.2, 0) is 0 Å². The van der Waals surface area contributed by atoms with Crippen LogP contribution in [0.5, 0.6) is 0 Å². The number of aromatic carboxylic acids is 1. The van der Waals surface area contributed by atoms with Crippen LogP contribution in [-0.4, -0.2) is 16.1 Å². The molecule has 0 bridgehead atoms. The quantitative estimate of drug-likeness (QED) is 0.718. The summed E-state index contributed by atoms with van der Waals surface area (Å²) in [6, 6.07) is 12.1. The Bertz CT molecular complexity index is 941. The summed E-state index contributed by atoms with van der Waals surface area (Å²) in [6.07, 6.45) is 1.44. The number of carboxylic acids is 1. The van der Waals surface area contributed by atoms with E-state index in [0.29, 0.717) is 11.4 Å². The summed E-state index contributed by atoms with van der Waals surface area (Å²) in [4.78, 5) is 15.5. The number of halogens is 2. The number of carboxylic acid groups (broad SMARTS) is 1. The number of hydrogen-bond donors (Lipinski definition) is 2. The minimum absolute atomic E-state index is 0.0631. The SMILES string of the molecule is Cc1ccc(Nc2ccc(-c3cccc(F)c3F)nc2)c(C(=O)O)c1. The largest absolute Gasteiger partial charge is 0.478 e. The Hall–Kier alpha value is -3.28. The Morgan fingerprint density at radius 1 is 1.12 bits per heavy atom. The molecule has 6 heteroatoms. The lowest BCUT2D eigenvalue weighted by atomic mass is 10.1. The van der Waals surface area contributed by atoms with Crippen molar-refractivity contribution in [2.24, 2.45) is 0 Å². The van der Waals surface area contributed by atoms with Gasteiger partial charge in [-0.1, -0.05) is 17.7 Å². The Labute approximate surface area is 142 Å². The number of aryl methyl sites for hydroxylation is 1. The molecule has 0 amide bonds. The lowest BCUT2D eigenvalue weighted by Crippen LogP contribution is -2.03. The van der Waals surface area contributed by atoms with Crippen LogP contribution in [0.4, 0.5) is 20.2 Å². The normalized spacial score (nSPS) is 10.5. The van der Waals surface area contributed by atoms with Gasteiger partial charge in [0.1, 0.15) is 0 Å². The molecule has 0 unspecified atom stereocenters. The van der Waals surface area contributed by atoms with Crippen molar-refractivity contribution < 1.29 is 18.7 Å².